The lowest BCUT2D eigenvalue weighted by Crippen LogP contribution is -2.29. The molecule has 10 nitrogen and oxygen atoms in total. The van der Waals surface area contributed by atoms with Gasteiger partial charge in [0.25, 0.3) is 0 Å². The molecule has 0 aliphatic heterocycles. The number of aliphatic hydroxyl groups excluding tert-OH is 2. The summed E-state index contributed by atoms with van der Waals surface area (Å²) < 4.78 is 32.7. The van der Waals surface area contributed by atoms with Crippen molar-refractivity contribution in [3.63, 3.8) is 0 Å². The maximum absolute atomic E-state index is 12.6. The quantitative estimate of drug-likeness (QED) is 0.0235. The molecule has 58 heavy (non-hydrogen) atoms. The van der Waals surface area contributed by atoms with E-state index >= 15 is 0 Å². The van der Waals surface area contributed by atoms with Crippen LogP contribution in [0.25, 0.3) is 0 Å². The number of phosphoric ester groups is 1. The first-order valence-electron chi connectivity index (χ1n) is 22.4. The third-order valence-electron chi connectivity index (χ3n) is 9.14. The Morgan fingerprint density at radius 1 is 0.534 bits per heavy atom. The maximum atomic E-state index is 12.6. The van der Waals surface area contributed by atoms with Crippen molar-refractivity contribution in [3.8, 4) is 0 Å². The van der Waals surface area contributed by atoms with Gasteiger partial charge in [-0.1, -0.05) is 183 Å². The molecule has 0 saturated carbocycles. The van der Waals surface area contributed by atoms with Gasteiger partial charge in [0.2, 0.25) is 0 Å². The molecule has 0 aromatic carbocycles. The Labute approximate surface area is 352 Å². The van der Waals surface area contributed by atoms with Crippen LogP contribution < -0.4 is 0 Å². The highest BCUT2D eigenvalue weighted by atomic mass is 31.2. The molecule has 0 aromatic rings. The Kier molecular flexibility index (Phi) is 40.6. The predicted molar refractivity (Wildman–Crippen MR) is 237 cm³/mol. The first-order chi connectivity index (χ1) is 28.2. The van der Waals surface area contributed by atoms with E-state index in [1.54, 1.807) is 0 Å². The largest absolute Gasteiger partial charge is 0.472 e. The van der Waals surface area contributed by atoms with Crippen LogP contribution in [0.4, 0.5) is 0 Å². The van der Waals surface area contributed by atoms with Gasteiger partial charge in [0.15, 0.2) is 6.10 Å². The van der Waals surface area contributed by atoms with Crippen LogP contribution in [0.5, 0.6) is 0 Å². The topological polar surface area (TPSA) is 149 Å². The van der Waals surface area contributed by atoms with Gasteiger partial charge in [0.05, 0.1) is 19.8 Å². The number of hydrogen-bond donors (Lipinski definition) is 3. The highest BCUT2D eigenvalue weighted by molar-refractivity contribution is 7.47. The molecular formula is C47H81O10P. The minimum Gasteiger partial charge on any atom is -0.462 e. The molecule has 0 fully saturated rings. The van der Waals surface area contributed by atoms with Gasteiger partial charge in [-0.15, -0.1) is 0 Å². The SMILES string of the molecule is CC/C=C/C/C=C/C/C=C/C/C=C/C/C=C/C/C=C/CCC(=O)OC[C@H](COP(=O)(O)OC[C@@H](O)CO)OC(=O)CCCCCCCCCCCCCCCCCC. The van der Waals surface area contributed by atoms with Gasteiger partial charge in [-0.2, -0.15) is 0 Å². The third kappa shape index (κ3) is 41.6. The molecule has 3 N–H and O–H groups in total. The summed E-state index contributed by atoms with van der Waals surface area (Å²) in [5.41, 5.74) is 0. The summed E-state index contributed by atoms with van der Waals surface area (Å²) >= 11 is 0. The Morgan fingerprint density at radius 3 is 1.40 bits per heavy atom. The van der Waals surface area contributed by atoms with Gasteiger partial charge in [0.1, 0.15) is 12.7 Å². The zero-order valence-electron chi connectivity index (χ0n) is 36.2. The number of unbranched alkanes of at least 4 members (excludes halogenated alkanes) is 15. The van der Waals surface area contributed by atoms with Crippen LogP contribution in [0.2, 0.25) is 0 Å². The average Bonchev–Trinajstić information content (AvgIpc) is 3.21. The molecule has 3 atom stereocenters. The van der Waals surface area contributed by atoms with Crippen molar-refractivity contribution in [2.24, 2.45) is 0 Å². The highest BCUT2D eigenvalue weighted by Gasteiger charge is 2.27. The number of aliphatic hydroxyl groups is 2. The predicted octanol–water partition coefficient (Wildman–Crippen LogP) is 12.1. The average molecular weight is 837 g/mol. The summed E-state index contributed by atoms with van der Waals surface area (Å²) in [6.07, 6.45) is 48.8. The van der Waals surface area contributed by atoms with E-state index in [4.69, 9.17) is 19.1 Å². The zero-order chi connectivity index (χ0) is 42.6. The van der Waals surface area contributed by atoms with Gasteiger partial charge < -0.3 is 24.6 Å². The second-order valence-electron chi connectivity index (χ2n) is 14.7. The second kappa shape index (κ2) is 42.5. The van der Waals surface area contributed by atoms with Crippen molar-refractivity contribution < 1.29 is 47.8 Å². The summed E-state index contributed by atoms with van der Waals surface area (Å²) in [7, 11) is -4.64. The molecule has 334 valence electrons. The number of phosphoric acid groups is 1. The number of carbonyl (C=O) groups excluding carboxylic acids is 2. The Morgan fingerprint density at radius 2 is 0.948 bits per heavy atom. The maximum Gasteiger partial charge on any atom is 0.472 e. The van der Waals surface area contributed by atoms with E-state index in [-0.39, 0.29) is 19.4 Å². The molecule has 0 spiro atoms. The van der Waals surface area contributed by atoms with Gasteiger partial charge in [-0.05, 0) is 51.4 Å². The molecule has 0 aromatic heterocycles. The fourth-order valence-electron chi connectivity index (χ4n) is 5.72. The summed E-state index contributed by atoms with van der Waals surface area (Å²) in [4.78, 5) is 35.0. The molecule has 0 aliphatic rings. The van der Waals surface area contributed by atoms with Gasteiger partial charge >= 0.3 is 19.8 Å². The Hall–Kier alpha value is -2.59. The lowest BCUT2D eigenvalue weighted by molar-refractivity contribution is -0.161. The molecular weight excluding hydrogens is 755 g/mol. The molecule has 0 aliphatic carbocycles. The molecule has 0 saturated heterocycles. The first kappa shape index (κ1) is 55.4. The lowest BCUT2D eigenvalue weighted by Gasteiger charge is -2.20. The number of esters is 2. The summed E-state index contributed by atoms with van der Waals surface area (Å²) in [6, 6.07) is 0. The molecule has 11 heteroatoms. The van der Waals surface area contributed by atoms with Crippen molar-refractivity contribution in [3.05, 3.63) is 72.9 Å². The van der Waals surface area contributed by atoms with Crippen LogP contribution in [-0.4, -0.2) is 65.7 Å². The zero-order valence-corrected chi connectivity index (χ0v) is 37.1. The van der Waals surface area contributed by atoms with Crippen LogP contribution >= 0.6 is 7.82 Å². The molecule has 0 radical (unpaired) electrons. The van der Waals surface area contributed by atoms with Crippen LogP contribution in [-0.2, 0) is 32.7 Å². The van der Waals surface area contributed by atoms with Gasteiger partial charge in [-0.25, -0.2) is 4.57 Å². The first-order valence-corrected chi connectivity index (χ1v) is 23.9. The smallest absolute Gasteiger partial charge is 0.462 e. The second-order valence-corrected chi connectivity index (χ2v) is 16.2. The standard InChI is InChI=1S/C47H81O10P/c1-3-5-7-9-11-13-15-17-19-21-22-23-25-26-28-30-32-34-36-38-46(50)54-42-45(43-56-58(52,53)55-41-44(49)40-48)57-47(51)39-37-35-33-31-29-27-24-20-18-16-14-12-10-8-6-4-2/h5,7,11,13,17,19,22-23,26,28,32,34,44-45,48-49H,3-4,6,8-10,12,14-16,18,20-21,24-25,27,29-31,33,35-43H2,1-2H3,(H,52,53)/b7-5+,13-11+,19-17+,23-22+,28-26+,34-32+/t44-,45+/m0/s1. The summed E-state index contributed by atoms with van der Waals surface area (Å²) in [6.45, 7) is 2.18. The van der Waals surface area contributed by atoms with E-state index < -0.39 is 51.8 Å². The number of allylic oxidation sites excluding steroid dienone is 12. The molecule has 0 rings (SSSR count). The number of rotatable bonds is 41. The van der Waals surface area contributed by atoms with Crippen molar-refractivity contribution in [2.75, 3.05) is 26.4 Å². The van der Waals surface area contributed by atoms with Crippen molar-refractivity contribution in [1.82, 2.24) is 0 Å². The fraction of sp³-hybridized carbons (Fsp3) is 0.702. The number of ether oxygens (including phenoxy) is 2. The molecule has 1 unspecified atom stereocenters. The third-order valence-corrected chi connectivity index (χ3v) is 10.1. The monoisotopic (exact) mass is 837 g/mol. The Bertz CT molecular complexity index is 1190. The van der Waals surface area contributed by atoms with Crippen LogP contribution in [0.15, 0.2) is 72.9 Å². The van der Waals surface area contributed by atoms with Crippen LogP contribution in [0.1, 0.15) is 174 Å². The van der Waals surface area contributed by atoms with E-state index in [0.29, 0.717) is 12.8 Å². The Balaban J connectivity index is 4.40. The molecule has 0 amide bonds. The minimum absolute atomic E-state index is 0.115. The summed E-state index contributed by atoms with van der Waals surface area (Å²) in [5, 5.41) is 18.3. The highest BCUT2D eigenvalue weighted by Crippen LogP contribution is 2.43. The van der Waals surface area contributed by atoms with E-state index in [1.165, 1.54) is 77.0 Å². The van der Waals surface area contributed by atoms with Crippen molar-refractivity contribution >= 4 is 19.8 Å². The van der Waals surface area contributed by atoms with E-state index in [0.717, 1.165) is 57.8 Å². The summed E-state index contributed by atoms with van der Waals surface area (Å²) in [5.74, 6) is -1.02. The van der Waals surface area contributed by atoms with E-state index in [1.807, 2.05) is 12.2 Å². The van der Waals surface area contributed by atoms with Crippen LogP contribution in [0, 0.1) is 0 Å². The van der Waals surface area contributed by atoms with E-state index in [9.17, 15) is 24.2 Å². The normalized spacial score (nSPS) is 14.5. The molecule has 0 heterocycles. The van der Waals surface area contributed by atoms with Gasteiger partial charge in [-0.3, -0.25) is 18.6 Å². The minimum atomic E-state index is -4.64. The lowest BCUT2D eigenvalue weighted by atomic mass is 10.0. The van der Waals surface area contributed by atoms with E-state index in [2.05, 4.69) is 79.1 Å². The van der Waals surface area contributed by atoms with Crippen molar-refractivity contribution in [2.45, 2.75) is 187 Å². The van der Waals surface area contributed by atoms with Gasteiger partial charge in [0, 0.05) is 12.8 Å². The number of hydrogen-bond acceptors (Lipinski definition) is 9. The molecule has 0 bridgehead atoms. The van der Waals surface area contributed by atoms with Crippen molar-refractivity contribution in [1.29, 1.82) is 0 Å². The number of carbonyl (C=O) groups is 2. The fourth-order valence-corrected chi connectivity index (χ4v) is 6.51. The van der Waals surface area contributed by atoms with Crippen LogP contribution in [0.3, 0.4) is 0 Å².